The fraction of sp³-hybridized carbons (Fsp3) is 0.250. The predicted molar refractivity (Wildman–Crippen MR) is 112 cm³/mol. The number of hydrogen-bond acceptors (Lipinski definition) is 4. The first kappa shape index (κ1) is 20.9. The number of hydrogen-bond donors (Lipinski definition) is 1. The van der Waals surface area contributed by atoms with E-state index in [2.05, 4.69) is 27.3 Å². The molecule has 5 nitrogen and oxygen atoms in total. The molecule has 0 aliphatic carbocycles. The van der Waals surface area contributed by atoms with Gasteiger partial charge in [-0.1, -0.05) is 46.3 Å². The Morgan fingerprint density at radius 3 is 2.70 bits per heavy atom. The van der Waals surface area contributed by atoms with Crippen molar-refractivity contribution in [2.75, 3.05) is 13.2 Å². The monoisotopic (exact) mass is 445 g/mol. The lowest BCUT2D eigenvalue weighted by Gasteiger charge is -2.25. The van der Waals surface area contributed by atoms with Gasteiger partial charge < -0.3 is 9.64 Å². The molecule has 7 heteroatoms. The summed E-state index contributed by atoms with van der Waals surface area (Å²) in [5.74, 6) is 0.146. The first-order valence-electron chi connectivity index (χ1n) is 8.48. The van der Waals surface area contributed by atoms with Crippen molar-refractivity contribution < 1.29 is 9.53 Å². The van der Waals surface area contributed by atoms with Crippen LogP contribution in [0.4, 0.5) is 0 Å². The molecule has 2 rings (SSSR count). The number of carbonyl (C=O) groups excluding carboxylic acids is 1. The predicted octanol–water partition coefficient (Wildman–Crippen LogP) is 4.28. The molecule has 0 bridgehead atoms. The summed E-state index contributed by atoms with van der Waals surface area (Å²) in [6, 6.07) is 17.1. The number of nitrogens with one attached hydrogen (secondary N) is 1. The van der Waals surface area contributed by atoms with Crippen LogP contribution in [0, 0.1) is 11.3 Å². The van der Waals surface area contributed by atoms with E-state index in [-0.39, 0.29) is 11.0 Å². The van der Waals surface area contributed by atoms with Crippen LogP contribution in [0.5, 0.6) is 5.75 Å². The minimum Gasteiger partial charge on any atom is -0.493 e. The number of thiocarbonyl (C=S) groups is 1. The highest BCUT2D eigenvalue weighted by Gasteiger charge is 2.18. The van der Waals surface area contributed by atoms with Crippen LogP contribution in [0.1, 0.15) is 29.3 Å². The average Bonchev–Trinajstić information content (AvgIpc) is 2.67. The van der Waals surface area contributed by atoms with E-state index in [0.717, 1.165) is 10.0 Å². The highest BCUT2D eigenvalue weighted by Crippen LogP contribution is 2.23. The molecule has 1 amide bonds. The normalized spacial score (nSPS) is 9.96. The van der Waals surface area contributed by atoms with Gasteiger partial charge in [-0.3, -0.25) is 10.1 Å². The number of nitrogens with zero attached hydrogens (tertiary/aromatic N) is 2. The molecular weight excluding hydrogens is 426 g/mol. The molecule has 0 aliphatic heterocycles. The van der Waals surface area contributed by atoms with Gasteiger partial charge in [-0.2, -0.15) is 5.26 Å². The van der Waals surface area contributed by atoms with Crippen molar-refractivity contribution in [1.29, 1.82) is 5.26 Å². The van der Waals surface area contributed by atoms with Crippen molar-refractivity contribution in [3.8, 4) is 11.8 Å². The summed E-state index contributed by atoms with van der Waals surface area (Å²) in [5, 5.41) is 12.0. The quantitative estimate of drug-likeness (QED) is 0.644. The molecule has 0 spiro atoms. The maximum Gasteiger partial charge on any atom is 0.261 e. The molecule has 0 radical (unpaired) electrons. The number of nitriles is 1. The number of amides is 1. The minimum atomic E-state index is -0.347. The van der Waals surface area contributed by atoms with Gasteiger partial charge in [0.1, 0.15) is 5.75 Å². The summed E-state index contributed by atoms with van der Waals surface area (Å²) in [7, 11) is 0. The smallest absolute Gasteiger partial charge is 0.261 e. The molecule has 2 aromatic carbocycles. The van der Waals surface area contributed by atoms with Gasteiger partial charge >= 0.3 is 0 Å². The first-order valence-corrected chi connectivity index (χ1v) is 9.68. The maximum atomic E-state index is 12.7. The second kappa shape index (κ2) is 10.7. The van der Waals surface area contributed by atoms with Crippen molar-refractivity contribution in [2.24, 2.45) is 0 Å². The van der Waals surface area contributed by atoms with Crippen LogP contribution in [0.15, 0.2) is 53.0 Å². The lowest BCUT2D eigenvalue weighted by molar-refractivity contribution is 0.0969. The Kier molecular flexibility index (Phi) is 8.24. The summed E-state index contributed by atoms with van der Waals surface area (Å²) in [5.41, 5.74) is 1.44. The van der Waals surface area contributed by atoms with E-state index in [0.29, 0.717) is 37.4 Å². The molecule has 0 atom stereocenters. The second-order valence-electron chi connectivity index (χ2n) is 5.65. The Balaban J connectivity index is 2.15. The first-order chi connectivity index (χ1) is 13.0. The minimum absolute atomic E-state index is 0.279. The second-order valence-corrected chi connectivity index (χ2v) is 6.95. The van der Waals surface area contributed by atoms with E-state index in [1.165, 1.54) is 0 Å². The van der Waals surface area contributed by atoms with Crippen LogP contribution in [-0.4, -0.2) is 29.1 Å². The summed E-state index contributed by atoms with van der Waals surface area (Å²) in [6.07, 6.45) is 0.309. The highest BCUT2D eigenvalue weighted by molar-refractivity contribution is 9.10. The number of carbonyl (C=O) groups is 1. The van der Waals surface area contributed by atoms with Crippen LogP contribution < -0.4 is 10.1 Å². The Hall–Kier alpha value is -2.43. The Morgan fingerprint density at radius 1 is 1.30 bits per heavy atom. The SMILES string of the molecule is CCOc1ccc(Br)cc1C(=O)NC(=S)N(CCC#N)Cc1ccccc1. The van der Waals surface area contributed by atoms with Gasteiger partial charge in [-0.15, -0.1) is 0 Å². The molecule has 2 aromatic rings. The Morgan fingerprint density at radius 2 is 2.04 bits per heavy atom. The number of benzene rings is 2. The largest absolute Gasteiger partial charge is 0.493 e. The molecule has 0 saturated heterocycles. The van der Waals surface area contributed by atoms with Gasteiger partial charge in [0.15, 0.2) is 5.11 Å². The lowest BCUT2D eigenvalue weighted by atomic mass is 10.2. The summed E-state index contributed by atoms with van der Waals surface area (Å²) >= 11 is 8.81. The molecule has 0 aliphatic rings. The zero-order valence-corrected chi connectivity index (χ0v) is 17.3. The molecule has 27 heavy (non-hydrogen) atoms. The summed E-state index contributed by atoms with van der Waals surface area (Å²) < 4.78 is 6.31. The van der Waals surface area contributed by atoms with E-state index in [1.54, 1.807) is 12.1 Å². The third-order valence-corrected chi connectivity index (χ3v) is 4.56. The maximum absolute atomic E-state index is 12.7. The molecule has 0 saturated carbocycles. The van der Waals surface area contributed by atoms with Crippen molar-refractivity contribution in [2.45, 2.75) is 19.9 Å². The van der Waals surface area contributed by atoms with E-state index < -0.39 is 0 Å². The van der Waals surface area contributed by atoms with E-state index in [9.17, 15) is 4.79 Å². The molecule has 0 heterocycles. The van der Waals surface area contributed by atoms with Crippen molar-refractivity contribution in [1.82, 2.24) is 10.2 Å². The Bertz CT molecular complexity index is 837. The molecule has 0 aromatic heterocycles. The summed E-state index contributed by atoms with van der Waals surface area (Å²) in [6.45, 7) is 3.26. The van der Waals surface area contributed by atoms with E-state index >= 15 is 0 Å². The standard InChI is InChI=1S/C20H20BrN3O2S/c1-2-26-18-10-9-16(21)13-17(18)19(25)23-20(27)24(12-6-11-22)14-15-7-4-3-5-8-15/h3-5,7-10,13H,2,6,12,14H2,1H3,(H,23,25,27). The highest BCUT2D eigenvalue weighted by atomic mass is 79.9. The summed E-state index contributed by atoms with van der Waals surface area (Å²) in [4.78, 5) is 14.6. The number of rotatable bonds is 7. The van der Waals surface area contributed by atoms with Crippen molar-refractivity contribution >= 4 is 39.2 Å². The van der Waals surface area contributed by atoms with Crippen LogP contribution in [0.3, 0.4) is 0 Å². The van der Waals surface area contributed by atoms with Crippen LogP contribution in [0.2, 0.25) is 0 Å². The lowest BCUT2D eigenvalue weighted by Crippen LogP contribution is -2.42. The number of halogens is 1. The molecular formula is C20H20BrN3O2S. The fourth-order valence-corrected chi connectivity index (χ4v) is 3.06. The van der Waals surface area contributed by atoms with Crippen molar-refractivity contribution in [3.05, 3.63) is 64.1 Å². The van der Waals surface area contributed by atoms with Gasteiger partial charge in [-0.05, 0) is 42.9 Å². The van der Waals surface area contributed by atoms with E-state index in [4.69, 9.17) is 22.2 Å². The topological polar surface area (TPSA) is 65.4 Å². The fourth-order valence-electron chi connectivity index (χ4n) is 2.45. The van der Waals surface area contributed by atoms with Crippen LogP contribution in [0.25, 0.3) is 0 Å². The molecule has 0 unspecified atom stereocenters. The third kappa shape index (κ3) is 6.35. The van der Waals surface area contributed by atoms with Crippen molar-refractivity contribution in [3.63, 3.8) is 0 Å². The number of ether oxygens (including phenoxy) is 1. The van der Waals surface area contributed by atoms with Gasteiger partial charge in [0.05, 0.1) is 24.7 Å². The van der Waals surface area contributed by atoms with Gasteiger partial charge in [0.2, 0.25) is 0 Å². The molecule has 0 fully saturated rings. The zero-order valence-electron chi connectivity index (χ0n) is 14.9. The third-order valence-electron chi connectivity index (χ3n) is 3.70. The average molecular weight is 446 g/mol. The molecule has 1 N–H and O–H groups in total. The van der Waals surface area contributed by atoms with Gasteiger partial charge in [-0.25, -0.2) is 0 Å². The Labute approximate surface area is 173 Å². The zero-order chi connectivity index (χ0) is 19.6. The van der Waals surface area contributed by atoms with Crippen LogP contribution >= 0.6 is 28.1 Å². The van der Waals surface area contributed by atoms with Crippen LogP contribution in [-0.2, 0) is 6.54 Å². The van der Waals surface area contributed by atoms with Gasteiger partial charge in [0.25, 0.3) is 5.91 Å². The van der Waals surface area contributed by atoms with Gasteiger partial charge in [0, 0.05) is 17.6 Å². The molecule has 140 valence electrons. The van der Waals surface area contributed by atoms with E-state index in [1.807, 2.05) is 48.2 Å².